The van der Waals surface area contributed by atoms with Gasteiger partial charge in [0.1, 0.15) is 0 Å². The number of aliphatic hydroxyl groups excluding tert-OH is 1. The van der Waals surface area contributed by atoms with Crippen LogP contribution < -0.4 is 0 Å². The molecule has 0 amide bonds. The molecule has 0 fully saturated rings. The molecule has 0 atom stereocenters. The van der Waals surface area contributed by atoms with Gasteiger partial charge in [0.2, 0.25) is 0 Å². The van der Waals surface area contributed by atoms with Crippen molar-refractivity contribution in [1.29, 1.82) is 0 Å². The largest absolute Gasteiger partial charge is 0.512 e. The minimum absolute atomic E-state index is 0. The summed E-state index contributed by atoms with van der Waals surface area (Å²) in [5, 5.41) is 14.0. The molecule has 5 heteroatoms. The molecule has 1 radical (unpaired) electrons. The number of ketones is 1. The Balaban J connectivity index is 0.000000327. The Morgan fingerprint density at radius 1 is 0.792 bits per heavy atom. The number of fused-ring (bicyclic) bond motifs is 2. The zero-order chi connectivity index (χ0) is 38.7. The maximum atomic E-state index is 12.3. The number of nitrogens with zero attached hydrogens (tertiary/aromatic N) is 1. The van der Waals surface area contributed by atoms with E-state index in [1.165, 1.54) is 48.7 Å². The predicted octanol–water partition coefficient (Wildman–Crippen LogP) is 14.2. The maximum absolute atomic E-state index is 12.3. The fourth-order valence-electron chi connectivity index (χ4n) is 7.82. The molecule has 0 aliphatic carbocycles. The summed E-state index contributed by atoms with van der Waals surface area (Å²) in [7, 11) is 0. The quantitative estimate of drug-likeness (QED) is 0.0863. The standard InChI is InChI=1S/C31H30NS.C17H32O2.Ir/c1-19(2)27-18-23(17-22-9-7-8-10-26(22)27)28-30-25(15-16-32-28)20(3)29(33-30)21-11-13-24(14-12-21)31(4,5)6;1-10(2)16(11(3)4)14(18)9-15(19)17(12(5)6)13(7)8;/h7-16,18-19H,1-6H3;9-13,16-18H,1-8H3;/q-1;;/b;14-9-;. The molecule has 0 spiro atoms. The molecule has 0 saturated heterocycles. The van der Waals surface area contributed by atoms with Crippen molar-refractivity contribution in [2.45, 2.75) is 108 Å². The molecule has 5 rings (SSSR count). The number of carbonyl (C=O) groups is 1. The number of thiophene rings is 1. The third kappa shape index (κ3) is 10.4. The van der Waals surface area contributed by atoms with Gasteiger partial charge in [0, 0.05) is 59.5 Å². The topological polar surface area (TPSA) is 50.2 Å². The van der Waals surface area contributed by atoms with E-state index < -0.39 is 0 Å². The summed E-state index contributed by atoms with van der Waals surface area (Å²) in [6, 6.07) is 25.8. The summed E-state index contributed by atoms with van der Waals surface area (Å²) in [6.45, 7) is 30.1. The Labute approximate surface area is 338 Å². The number of hydrogen-bond donors (Lipinski definition) is 1. The van der Waals surface area contributed by atoms with Crippen molar-refractivity contribution < 1.29 is 30.0 Å². The van der Waals surface area contributed by atoms with Gasteiger partial charge >= 0.3 is 0 Å². The summed E-state index contributed by atoms with van der Waals surface area (Å²) >= 11 is 1.85. The van der Waals surface area contributed by atoms with E-state index in [2.05, 4.69) is 164 Å². The van der Waals surface area contributed by atoms with Gasteiger partial charge in [-0.2, -0.15) is 0 Å². The predicted molar refractivity (Wildman–Crippen MR) is 226 cm³/mol. The van der Waals surface area contributed by atoms with E-state index >= 15 is 0 Å². The maximum Gasteiger partial charge on any atom is 0.162 e. The van der Waals surface area contributed by atoms with Crippen molar-refractivity contribution in [2.75, 3.05) is 0 Å². The average molecular weight is 909 g/mol. The van der Waals surface area contributed by atoms with Crippen molar-refractivity contribution in [2.24, 2.45) is 35.5 Å². The number of carbonyl (C=O) groups excluding carboxylic acids is 1. The number of benzene rings is 3. The van der Waals surface area contributed by atoms with E-state index in [1.807, 2.05) is 17.5 Å². The van der Waals surface area contributed by atoms with Gasteiger partial charge in [-0.05, 0) is 70.1 Å². The first-order valence-electron chi connectivity index (χ1n) is 19.2. The third-order valence-corrected chi connectivity index (χ3v) is 11.7. The molecule has 2 heterocycles. The fraction of sp³-hybridized carbons (Fsp3) is 0.458. The van der Waals surface area contributed by atoms with Crippen LogP contribution in [0.4, 0.5) is 0 Å². The van der Waals surface area contributed by atoms with Gasteiger partial charge in [-0.1, -0.05) is 143 Å². The summed E-state index contributed by atoms with van der Waals surface area (Å²) in [5.41, 5.74) is 7.59. The van der Waals surface area contributed by atoms with Crippen molar-refractivity contribution in [1.82, 2.24) is 4.98 Å². The SMILES string of the molecule is CC(C)C(C(=O)/C=C(\O)C(C(C)C)C(C)C)C(C)C.Cc1c(-c2ccc(C(C)(C)C)cc2)sc2c(-c3[c-]c4ccccc4c(C(C)C)c3)nccc12.[Ir]. The number of rotatable bonds is 10. The molecule has 53 heavy (non-hydrogen) atoms. The van der Waals surface area contributed by atoms with E-state index in [9.17, 15) is 9.90 Å². The molecule has 0 saturated carbocycles. The number of aromatic nitrogens is 1. The van der Waals surface area contributed by atoms with Crippen molar-refractivity contribution >= 4 is 38.0 Å². The van der Waals surface area contributed by atoms with E-state index in [0.29, 0.717) is 29.6 Å². The second-order valence-corrected chi connectivity index (χ2v) is 18.3. The van der Waals surface area contributed by atoms with Crippen LogP contribution >= 0.6 is 11.3 Å². The first-order valence-corrected chi connectivity index (χ1v) is 20.0. The Hall–Kier alpha value is -3.11. The summed E-state index contributed by atoms with van der Waals surface area (Å²) in [6.07, 6.45) is 3.43. The minimum Gasteiger partial charge on any atom is -0.512 e. The molecular formula is C48H62IrNO2S-. The molecule has 0 aliphatic heterocycles. The summed E-state index contributed by atoms with van der Waals surface area (Å²) in [4.78, 5) is 18.5. The van der Waals surface area contributed by atoms with Gasteiger partial charge in [0.15, 0.2) is 5.78 Å². The number of aryl methyl sites for hydroxylation is 1. The van der Waals surface area contributed by atoms with E-state index in [0.717, 1.165) is 16.6 Å². The van der Waals surface area contributed by atoms with E-state index in [1.54, 1.807) is 0 Å². The number of allylic oxidation sites excluding steroid dienone is 2. The fourth-order valence-corrected chi connectivity index (χ4v) is 9.13. The zero-order valence-corrected chi connectivity index (χ0v) is 37.7. The molecule has 0 bridgehead atoms. The van der Waals surface area contributed by atoms with Crippen LogP contribution in [0.15, 0.2) is 78.7 Å². The molecule has 5 aromatic rings. The van der Waals surface area contributed by atoms with Crippen LogP contribution in [0.5, 0.6) is 0 Å². The Morgan fingerprint density at radius 2 is 1.36 bits per heavy atom. The molecule has 2 aromatic heterocycles. The number of pyridine rings is 1. The van der Waals surface area contributed by atoms with Gasteiger partial charge in [-0.15, -0.1) is 40.5 Å². The first kappa shape index (κ1) is 44.3. The normalized spacial score (nSPS) is 12.5. The summed E-state index contributed by atoms with van der Waals surface area (Å²) in [5.74, 6) is 2.06. The van der Waals surface area contributed by atoms with Gasteiger partial charge in [0.25, 0.3) is 0 Å². The average Bonchev–Trinajstić information content (AvgIpc) is 3.39. The van der Waals surface area contributed by atoms with Crippen molar-refractivity contribution in [3.05, 3.63) is 101 Å². The van der Waals surface area contributed by atoms with E-state index in [4.69, 9.17) is 4.98 Å². The van der Waals surface area contributed by atoms with Crippen LogP contribution in [0.25, 0.3) is 42.6 Å². The van der Waals surface area contributed by atoms with Crippen molar-refractivity contribution in [3.8, 4) is 21.7 Å². The molecular weight excluding hydrogens is 847 g/mol. The molecule has 0 aliphatic rings. The smallest absolute Gasteiger partial charge is 0.162 e. The number of hydrogen-bond acceptors (Lipinski definition) is 4. The van der Waals surface area contributed by atoms with Crippen LogP contribution in [-0.2, 0) is 30.3 Å². The first-order chi connectivity index (χ1) is 24.3. The van der Waals surface area contributed by atoms with E-state index in [-0.39, 0.29) is 48.9 Å². The Kier molecular flexibility index (Phi) is 15.4. The molecule has 3 nitrogen and oxygen atoms in total. The van der Waals surface area contributed by atoms with Gasteiger partial charge in [0.05, 0.1) is 5.76 Å². The monoisotopic (exact) mass is 909 g/mol. The molecule has 3 aromatic carbocycles. The Bertz CT molecular complexity index is 1990. The molecule has 0 unspecified atom stereocenters. The summed E-state index contributed by atoms with van der Waals surface area (Å²) < 4.78 is 1.24. The second kappa shape index (κ2) is 18.5. The van der Waals surface area contributed by atoms with Crippen molar-refractivity contribution in [3.63, 3.8) is 0 Å². The van der Waals surface area contributed by atoms with Gasteiger partial charge in [-0.3, -0.25) is 9.78 Å². The third-order valence-electron chi connectivity index (χ3n) is 10.4. The number of aliphatic hydroxyl groups is 1. The van der Waals surface area contributed by atoms with Crippen LogP contribution in [0.2, 0.25) is 0 Å². The zero-order valence-electron chi connectivity index (χ0n) is 34.5. The van der Waals surface area contributed by atoms with Crippen LogP contribution in [-0.4, -0.2) is 15.9 Å². The van der Waals surface area contributed by atoms with Crippen LogP contribution in [0.3, 0.4) is 0 Å². The van der Waals surface area contributed by atoms with Crippen LogP contribution in [0.1, 0.15) is 113 Å². The van der Waals surface area contributed by atoms with Crippen LogP contribution in [0, 0.1) is 48.5 Å². The molecule has 1 N–H and O–H groups in total. The molecule has 287 valence electrons. The Morgan fingerprint density at radius 3 is 1.89 bits per heavy atom. The second-order valence-electron chi connectivity index (χ2n) is 17.3. The van der Waals surface area contributed by atoms with Gasteiger partial charge in [-0.25, -0.2) is 0 Å². The van der Waals surface area contributed by atoms with Gasteiger partial charge < -0.3 is 5.11 Å². The minimum atomic E-state index is -0.0119.